The number of hydrogen-bond acceptors (Lipinski definition) is 2. The fourth-order valence-electron chi connectivity index (χ4n) is 2.27. The van der Waals surface area contributed by atoms with Gasteiger partial charge in [0.05, 0.1) is 0 Å². The molecule has 0 unspecified atom stereocenters. The van der Waals surface area contributed by atoms with Crippen molar-refractivity contribution in [3.63, 3.8) is 0 Å². The lowest BCUT2D eigenvalue weighted by atomic mass is 10.1. The zero-order valence-corrected chi connectivity index (χ0v) is 14.0. The normalized spacial score (nSPS) is 10.0. The summed E-state index contributed by atoms with van der Waals surface area (Å²) in [6.07, 6.45) is 13.4. The van der Waals surface area contributed by atoms with Crippen molar-refractivity contribution in [1.82, 2.24) is 0 Å². The molecule has 122 valence electrons. The second kappa shape index (κ2) is 17.2. The maximum Gasteiger partial charge on any atom is -0.00367 e. The summed E-state index contributed by atoms with van der Waals surface area (Å²) in [4.78, 5) is 0. The largest absolute Gasteiger partial charge is 0.330 e. The highest BCUT2D eigenvalue weighted by atomic mass is 14.5. The number of unbranched alkanes of at least 4 members (excludes halogenated alkanes) is 8. The fourth-order valence-corrected chi connectivity index (χ4v) is 2.27. The summed E-state index contributed by atoms with van der Waals surface area (Å²) < 4.78 is 0. The second-order valence-electron chi connectivity index (χ2n) is 5.64. The molecule has 1 aromatic carbocycles. The molecule has 0 aromatic heterocycles. The van der Waals surface area contributed by atoms with E-state index in [1.165, 1.54) is 63.4 Å². The lowest BCUT2D eigenvalue weighted by Crippen LogP contribution is -2.01. The van der Waals surface area contributed by atoms with E-state index in [1.54, 1.807) is 0 Å². The van der Waals surface area contributed by atoms with Gasteiger partial charge in [-0.25, -0.2) is 0 Å². The van der Waals surface area contributed by atoms with Gasteiger partial charge in [-0.1, -0.05) is 88.6 Å². The summed E-state index contributed by atoms with van der Waals surface area (Å²) in [5.41, 5.74) is 12.1. The molecule has 0 heterocycles. The molecule has 0 aliphatic rings. The van der Waals surface area contributed by atoms with Crippen molar-refractivity contribution < 1.29 is 0 Å². The zero-order chi connectivity index (χ0) is 15.6. The summed E-state index contributed by atoms with van der Waals surface area (Å²) in [6.45, 7) is 3.88. The van der Waals surface area contributed by atoms with Crippen LogP contribution in [-0.4, -0.2) is 13.1 Å². The molecule has 21 heavy (non-hydrogen) atoms. The first-order chi connectivity index (χ1) is 10.3. The maximum atomic E-state index is 5.41. The van der Waals surface area contributed by atoms with Gasteiger partial charge in [-0.3, -0.25) is 0 Å². The SMILES string of the molecule is CCCCCCCCCCCN.NCCc1ccccc1. The van der Waals surface area contributed by atoms with E-state index in [-0.39, 0.29) is 0 Å². The van der Waals surface area contributed by atoms with Crippen molar-refractivity contribution in [3.05, 3.63) is 35.9 Å². The highest BCUT2D eigenvalue weighted by molar-refractivity contribution is 5.14. The van der Waals surface area contributed by atoms with Crippen LogP contribution >= 0.6 is 0 Å². The molecule has 1 aromatic rings. The molecule has 0 aliphatic heterocycles. The van der Waals surface area contributed by atoms with E-state index in [0.29, 0.717) is 0 Å². The van der Waals surface area contributed by atoms with Crippen LogP contribution in [0.4, 0.5) is 0 Å². The minimum Gasteiger partial charge on any atom is -0.330 e. The number of nitrogens with two attached hydrogens (primary N) is 2. The summed E-state index contributed by atoms with van der Waals surface area (Å²) in [5, 5.41) is 0. The van der Waals surface area contributed by atoms with Gasteiger partial charge < -0.3 is 11.5 Å². The van der Waals surface area contributed by atoms with Gasteiger partial charge in [0.25, 0.3) is 0 Å². The van der Waals surface area contributed by atoms with Gasteiger partial charge in [0.1, 0.15) is 0 Å². The quantitative estimate of drug-likeness (QED) is 0.583. The van der Waals surface area contributed by atoms with E-state index in [2.05, 4.69) is 19.1 Å². The zero-order valence-electron chi connectivity index (χ0n) is 14.0. The third-order valence-electron chi connectivity index (χ3n) is 3.58. The number of hydrogen-bond donors (Lipinski definition) is 2. The Kier molecular flexibility index (Phi) is 16.5. The lowest BCUT2D eigenvalue weighted by molar-refractivity contribution is 0.567. The van der Waals surface area contributed by atoms with Crippen LogP contribution < -0.4 is 11.5 Å². The standard InChI is InChI=1S/C11H25N.C8H11N/c1-2-3-4-5-6-7-8-9-10-11-12;9-7-6-8-4-2-1-3-5-8/h2-12H2,1H3;1-5H,6-7,9H2. The first kappa shape index (κ1) is 20.1. The maximum absolute atomic E-state index is 5.41. The third kappa shape index (κ3) is 15.3. The third-order valence-corrected chi connectivity index (χ3v) is 3.58. The molecule has 0 amide bonds. The summed E-state index contributed by atoms with van der Waals surface area (Å²) in [6, 6.07) is 10.3. The van der Waals surface area contributed by atoms with E-state index in [4.69, 9.17) is 11.5 Å². The lowest BCUT2D eigenvalue weighted by Gasteiger charge is -1.99. The van der Waals surface area contributed by atoms with Crippen LogP contribution in [0.15, 0.2) is 30.3 Å². The van der Waals surface area contributed by atoms with Crippen LogP contribution in [0.1, 0.15) is 70.3 Å². The molecule has 0 spiro atoms. The molecule has 0 bridgehead atoms. The minimum atomic E-state index is 0.740. The van der Waals surface area contributed by atoms with E-state index in [0.717, 1.165) is 19.5 Å². The van der Waals surface area contributed by atoms with Crippen LogP contribution in [0.5, 0.6) is 0 Å². The van der Waals surface area contributed by atoms with Crippen molar-refractivity contribution in [2.75, 3.05) is 13.1 Å². The minimum absolute atomic E-state index is 0.740. The first-order valence-electron chi connectivity index (χ1n) is 8.79. The average molecular weight is 293 g/mol. The van der Waals surface area contributed by atoms with Crippen molar-refractivity contribution in [3.8, 4) is 0 Å². The summed E-state index contributed by atoms with van der Waals surface area (Å²) in [5.74, 6) is 0. The van der Waals surface area contributed by atoms with Crippen molar-refractivity contribution in [1.29, 1.82) is 0 Å². The van der Waals surface area contributed by atoms with E-state index >= 15 is 0 Å². The van der Waals surface area contributed by atoms with Gasteiger partial charge in [-0.2, -0.15) is 0 Å². The van der Waals surface area contributed by atoms with Crippen molar-refractivity contribution in [2.45, 2.75) is 71.1 Å². The Morgan fingerprint density at radius 2 is 1.19 bits per heavy atom. The monoisotopic (exact) mass is 292 g/mol. The molecule has 4 N–H and O–H groups in total. The first-order valence-corrected chi connectivity index (χ1v) is 8.79. The van der Waals surface area contributed by atoms with Gasteiger partial charge in [0.2, 0.25) is 0 Å². The Morgan fingerprint density at radius 3 is 1.67 bits per heavy atom. The fraction of sp³-hybridized carbons (Fsp3) is 0.684. The molecule has 2 heteroatoms. The summed E-state index contributed by atoms with van der Waals surface area (Å²) >= 11 is 0. The molecule has 0 atom stereocenters. The number of rotatable bonds is 11. The number of benzene rings is 1. The molecule has 1 rings (SSSR count). The topological polar surface area (TPSA) is 52.0 Å². The van der Waals surface area contributed by atoms with Crippen molar-refractivity contribution >= 4 is 0 Å². The van der Waals surface area contributed by atoms with Gasteiger partial charge in [0.15, 0.2) is 0 Å². The predicted molar refractivity (Wildman–Crippen MR) is 95.5 cm³/mol. The molecule has 2 nitrogen and oxygen atoms in total. The molecule has 0 fully saturated rings. The molecular formula is C19H36N2. The molecule has 0 aliphatic carbocycles. The highest BCUT2D eigenvalue weighted by Gasteiger charge is 1.90. The van der Waals surface area contributed by atoms with E-state index < -0.39 is 0 Å². The Bertz CT molecular complexity index is 275. The second-order valence-corrected chi connectivity index (χ2v) is 5.64. The van der Waals surface area contributed by atoms with Crippen LogP contribution in [0.2, 0.25) is 0 Å². The average Bonchev–Trinajstić information content (AvgIpc) is 2.52. The summed E-state index contributed by atoms with van der Waals surface area (Å²) in [7, 11) is 0. The molecule has 0 saturated carbocycles. The molecule has 0 radical (unpaired) electrons. The smallest absolute Gasteiger partial charge is 0.00367 e. The van der Waals surface area contributed by atoms with Crippen LogP contribution in [-0.2, 0) is 6.42 Å². The molecular weight excluding hydrogens is 256 g/mol. The highest BCUT2D eigenvalue weighted by Crippen LogP contribution is 2.08. The van der Waals surface area contributed by atoms with Gasteiger partial charge in [-0.15, -0.1) is 0 Å². The van der Waals surface area contributed by atoms with Crippen LogP contribution in [0.25, 0.3) is 0 Å². The Balaban J connectivity index is 0.000000394. The van der Waals surface area contributed by atoms with Gasteiger partial charge >= 0.3 is 0 Å². The Hall–Kier alpha value is -0.860. The van der Waals surface area contributed by atoms with E-state index in [1.807, 2.05) is 18.2 Å². The Morgan fingerprint density at radius 1 is 0.667 bits per heavy atom. The van der Waals surface area contributed by atoms with Crippen LogP contribution in [0.3, 0.4) is 0 Å². The van der Waals surface area contributed by atoms with Crippen molar-refractivity contribution in [2.24, 2.45) is 11.5 Å². The van der Waals surface area contributed by atoms with Gasteiger partial charge in [0, 0.05) is 0 Å². The Labute approximate surface area is 132 Å². The predicted octanol–water partition coefficient (Wildman–Crippen LogP) is 4.66. The van der Waals surface area contributed by atoms with E-state index in [9.17, 15) is 0 Å². The van der Waals surface area contributed by atoms with Crippen LogP contribution in [0, 0.1) is 0 Å². The molecule has 0 saturated heterocycles. The van der Waals surface area contributed by atoms with Gasteiger partial charge in [-0.05, 0) is 31.5 Å².